The van der Waals surface area contributed by atoms with E-state index in [1.807, 2.05) is 6.20 Å². The Morgan fingerprint density at radius 1 is 0.704 bits per heavy atom. The molecule has 0 aliphatic carbocycles. The lowest BCUT2D eigenvalue weighted by Gasteiger charge is -2.38. The second kappa shape index (κ2) is 12.2. The number of nitrogens with zero attached hydrogens (tertiary/aromatic N) is 5. The summed E-state index contributed by atoms with van der Waals surface area (Å²) in [7, 11) is 2.22. The van der Waals surface area contributed by atoms with Crippen molar-refractivity contribution in [3.8, 4) is 40.0 Å². The number of rotatable bonds is 3. The first-order valence-corrected chi connectivity index (χ1v) is 19.0. The van der Waals surface area contributed by atoms with Gasteiger partial charge in [0, 0.05) is 39.8 Å². The SMILES string of the molecule is Cc1cccc2c1B1N(C)c3ccc(Oc4ccc5c6ccccc6n(-c6cc(C(C)(C)C)ccn6)c5c4)cc3-c3ncc(n31)-c1ccccc1CCC2. The molecule has 0 bridgehead atoms. The van der Waals surface area contributed by atoms with Crippen LogP contribution in [-0.4, -0.2) is 33.0 Å². The van der Waals surface area contributed by atoms with Crippen LogP contribution in [0.4, 0.5) is 5.69 Å². The predicted octanol–water partition coefficient (Wildman–Crippen LogP) is 10.3. The van der Waals surface area contributed by atoms with E-state index in [0.29, 0.717) is 0 Å². The highest BCUT2D eigenvalue weighted by Crippen LogP contribution is 2.43. The van der Waals surface area contributed by atoms with Gasteiger partial charge in [-0.2, -0.15) is 0 Å². The number of hydrogen-bond acceptors (Lipinski definition) is 4. The van der Waals surface area contributed by atoms with Crippen molar-refractivity contribution < 1.29 is 4.74 Å². The molecule has 8 aromatic rings. The third-order valence-corrected chi connectivity index (χ3v) is 11.6. The summed E-state index contributed by atoms with van der Waals surface area (Å²) in [6.07, 6.45) is 7.17. The van der Waals surface area contributed by atoms with E-state index in [4.69, 9.17) is 14.7 Å². The van der Waals surface area contributed by atoms with Gasteiger partial charge in [0.15, 0.2) is 0 Å². The Labute approximate surface area is 316 Å². The maximum Gasteiger partial charge on any atom is 0.417 e. The monoisotopic (exact) mass is 703 g/mol. The molecule has 0 N–H and O–H groups in total. The summed E-state index contributed by atoms with van der Waals surface area (Å²) in [5.41, 5.74) is 13.5. The molecule has 0 saturated carbocycles. The second-order valence-electron chi connectivity index (χ2n) is 15.9. The zero-order valence-electron chi connectivity index (χ0n) is 31.5. The molecular weight excluding hydrogens is 661 g/mol. The first-order valence-electron chi connectivity index (χ1n) is 19.0. The van der Waals surface area contributed by atoms with E-state index < -0.39 is 0 Å². The van der Waals surface area contributed by atoms with Gasteiger partial charge in [-0.3, -0.25) is 4.57 Å². The summed E-state index contributed by atoms with van der Waals surface area (Å²) in [4.78, 5) is 12.5. The molecule has 2 aliphatic heterocycles. The van der Waals surface area contributed by atoms with Crippen LogP contribution in [0.25, 0.3) is 50.3 Å². The van der Waals surface area contributed by atoms with Crippen LogP contribution in [-0.2, 0) is 18.3 Å². The van der Waals surface area contributed by atoms with E-state index in [1.54, 1.807) is 0 Å². The number of imidazole rings is 1. The minimum absolute atomic E-state index is 0.00181. The Hall–Kier alpha value is -6.08. The molecule has 264 valence electrons. The minimum Gasteiger partial charge on any atom is -0.457 e. The van der Waals surface area contributed by atoms with E-state index in [9.17, 15) is 0 Å². The Kier molecular flexibility index (Phi) is 7.38. The van der Waals surface area contributed by atoms with Crippen molar-refractivity contribution in [2.45, 2.75) is 52.4 Å². The van der Waals surface area contributed by atoms with E-state index >= 15 is 0 Å². The van der Waals surface area contributed by atoms with Crippen LogP contribution in [0.3, 0.4) is 0 Å². The second-order valence-corrected chi connectivity index (χ2v) is 15.9. The Bertz CT molecular complexity index is 2770. The molecule has 0 amide bonds. The van der Waals surface area contributed by atoms with Crippen molar-refractivity contribution in [2.24, 2.45) is 0 Å². The van der Waals surface area contributed by atoms with Gasteiger partial charge in [-0.1, -0.05) is 87.0 Å². The number of fused-ring (bicyclic) bond motifs is 9. The lowest BCUT2D eigenvalue weighted by Crippen LogP contribution is -2.56. The fraction of sp³-hybridized carbons (Fsp3) is 0.191. The molecule has 10 rings (SSSR count). The van der Waals surface area contributed by atoms with Crippen LogP contribution in [0.15, 0.2) is 128 Å². The van der Waals surface area contributed by atoms with Crippen molar-refractivity contribution in [3.05, 3.63) is 150 Å². The number of benzene rings is 5. The Morgan fingerprint density at radius 2 is 1.46 bits per heavy atom. The molecule has 0 radical (unpaired) electrons. The van der Waals surface area contributed by atoms with Gasteiger partial charge < -0.3 is 14.0 Å². The average molecular weight is 704 g/mol. The first-order chi connectivity index (χ1) is 26.2. The molecular formula is C47H42BN5O. The Morgan fingerprint density at radius 3 is 2.35 bits per heavy atom. The molecule has 3 aromatic heterocycles. The van der Waals surface area contributed by atoms with E-state index in [0.717, 1.165) is 75.8 Å². The number of para-hydroxylation sites is 1. The largest absolute Gasteiger partial charge is 0.457 e. The van der Waals surface area contributed by atoms with Crippen molar-refractivity contribution in [1.29, 1.82) is 0 Å². The zero-order valence-corrected chi connectivity index (χ0v) is 31.5. The smallest absolute Gasteiger partial charge is 0.417 e. The first kappa shape index (κ1) is 32.6. The van der Waals surface area contributed by atoms with Crippen LogP contribution in [0.5, 0.6) is 11.5 Å². The third kappa shape index (κ3) is 5.09. The van der Waals surface area contributed by atoms with Gasteiger partial charge in [-0.15, -0.1) is 0 Å². The van der Waals surface area contributed by atoms with Crippen LogP contribution < -0.4 is 15.0 Å². The molecule has 0 saturated heterocycles. The molecule has 7 heteroatoms. The predicted molar refractivity (Wildman–Crippen MR) is 223 cm³/mol. The summed E-state index contributed by atoms with van der Waals surface area (Å²) in [6.45, 7) is 8.94. The maximum absolute atomic E-state index is 6.77. The highest BCUT2D eigenvalue weighted by molar-refractivity contribution is 6.77. The van der Waals surface area contributed by atoms with Gasteiger partial charge in [0.2, 0.25) is 0 Å². The van der Waals surface area contributed by atoms with Crippen LogP contribution in [0.1, 0.15) is 49.4 Å². The van der Waals surface area contributed by atoms with Crippen molar-refractivity contribution in [1.82, 2.24) is 19.0 Å². The summed E-state index contributed by atoms with van der Waals surface area (Å²) in [6, 6.07) is 41.4. The molecule has 6 nitrogen and oxygen atoms in total. The number of aryl methyl sites for hydroxylation is 3. The Balaban J connectivity index is 1.10. The summed E-state index contributed by atoms with van der Waals surface area (Å²) in [5, 5.41) is 2.35. The van der Waals surface area contributed by atoms with E-state index in [-0.39, 0.29) is 12.4 Å². The van der Waals surface area contributed by atoms with Crippen molar-refractivity contribution in [3.63, 3.8) is 0 Å². The summed E-state index contributed by atoms with van der Waals surface area (Å²) in [5.74, 6) is 3.39. The quantitative estimate of drug-likeness (QED) is 0.172. The lowest BCUT2D eigenvalue weighted by molar-refractivity contribution is 0.483. The van der Waals surface area contributed by atoms with Crippen LogP contribution in [0, 0.1) is 6.92 Å². The van der Waals surface area contributed by atoms with Gasteiger partial charge in [0.25, 0.3) is 0 Å². The molecule has 54 heavy (non-hydrogen) atoms. The van der Waals surface area contributed by atoms with E-state index in [2.05, 4.69) is 170 Å². The molecule has 5 heterocycles. The lowest BCUT2D eigenvalue weighted by atomic mass is 9.59. The number of ether oxygens (including phenoxy) is 1. The van der Waals surface area contributed by atoms with Crippen molar-refractivity contribution >= 4 is 39.9 Å². The fourth-order valence-corrected chi connectivity index (χ4v) is 8.89. The van der Waals surface area contributed by atoms with Crippen molar-refractivity contribution in [2.75, 3.05) is 11.9 Å². The molecule has 5 aromatic carbocycles. The molecule has 0 fully saturated rings. The van der Waals surface area contributed by atoms with Crippen LogP contribution >= 0.6 is 0 Å². The van der Waals surface area contributed by atoms with E-state index in [1.165, 1.54) is 38.7 Å². The molecule has 0 unspecified atom stereocenters. The summed E-state index contributed by atoms with van der Waals surface area (Å²) < 4.78 is 11.5. The maximum atomic E-state index is 6.77. The number of aromatic nitrogens is 4. The fourth-order valence-electron chi connectivity index (χ4n) is 8.89. The average Bonchev–Trinajstić information content (AvgIpc) is 3.75. The molecule has 0 atom stereocenters. The van der Waals surface area contributed by atoms with Gasteiger partial charge in [0.1, 0.15) is 23.1 Å². The highest BCUT2D eigenvalue weighted by Gasteiger charge is 2.40. The standard InChI is InChI=1S/C47H42BN5O/c1-30-12-10-15-32-16-11-14-31-13-6-7-17-36(31)43-29-50-46-39-27-34(21-23-40(39)51(5)48(45(30)32)53(43)46)54-35-20-22-38-37-18-8-9-19-41(37)52(42(38)28-35)44-26-33(24-25-49-44)47(2,3)4/h6-10,12-13,15,17-29H,11,14,16H2,1-5H3. The number of anilines is 1. The van der Waals surface area contributed by atoms with Gasteiger partial charge in [-0.25, -0.2) is 9.97 Å². The van der Waals surface area contributed by atoms with Gasteiger partial charge in [0.05, 0.1) is 22.9 Å². The minimum atomic E-state index is -0.0335. The molecule has 0 spiro atoms. The van der Waals surface area contributed by atoms with Crippen LogP contribution in [0.2, 0.25) is 0 Å². The topological polar surface area (TPSA) is 48.1 Å². The van der Waals surface area contributed by atoms with Gasteiger partial charge >= 0.3 is 6.98 Å². The normalized spacial score (nSPS) is 13.7. The van der Waals surface area contributed by atoms with Gasteiger partial charge in [-0.05, 0) is 109 Å². The summed E-state index contributed by atoms with van der Waals surface area (Å²) >= 11 is 0. The molecule has 2 aliphatic rings. The number of hydrogen-bond donors (Lipinski definition) is 0. The zero-order chi connectivity index (χ0) is 36.7. The highest BCUT2D eigenvalue weighted by atomic mass is 16.5. The third-order valence-electron chi connectivity index (χ3n) is 11.6. The number of pyridine rings is 1.